The molecular formula is C28H34N4O3. The molecular weight excluding hydrogens is 440 g/mol. The molecule has 35 heavy (non-hydrogen) atoms. The van der Waals surface area contributed by atoms with E-state index in [0.717, 1.165) is 24.1 Å². The summed E-state index contributed by atoms with van der Waals surface area (Å²) >= 11 is 0. The molecule has 1 amide bonds. The van der Waals surface area contributed by atoms with Gasteiger partial charge in [-0.25, -0.2) is 4.98 Å². The predicted octanol–water partition coefficient (Wildman–Crippen LogP) is 1.70. The van der Waals surface area contributed by atoms with Crippen LogP contribution in [0.4, 0.5) is 0 Å². The molecule has 0 saturated carbocycles. The molecule has 7 heteroatoms. The summed E-state index contributed by atoms with van der Waals surface area (Å²) in [4.78, 5) is 33.8. The van der Waals surface area contributed by atoms with E-state index in [0.29, 0.717) is 23.6 Å². The first-order valence-corrected chi connectivity index (χ1v) is 12.1. The van der Waals surface area contributed by atoms with Gasteiger partial charge in [0, 0.05) is 24.7 Å². The molecule has 1 saturated heterocycles. The number of aromatic nitrogens is 2. The van der Waals surface area contributed by atoms with Crippen molar-refractivity contribution in [3.05, 3.63) is 76.7 Å². The highest BCUT2D eigenvalue weighted by molar-refractivity contribution is 6.46. The third-order valence-electron chi connectivity index (χ3n) is 6.62. The van der Waals surface area contributed by atoms with Gasteiger partial charge in [-0.1, -0.05) is 56.9 Å². The normalized spacial score (nSPS) is 18.3. The van der Waals surface area contributed by atoms with Crippen LogP contribution in [0.5, 0.6) is 0 Å². The van der Waals surface area contributed by atoms with E-state index < -0.39 is 23.5 Å². The number of fused-ring (bicyclic) bond motifs is 1. The fraction of sp³-hybridized carbons (Fsp3) is 0.393. The minimum absolute atomic E-state index is 0.00413. The van der Waals surface area contributed by atoms with Gasteiger partial charge in [-0.05, 0) is 35.6 Å². The Morgan fingerprint density at radius 1 is 1.09 bits per heavy atom. The van der Waals surface area contributed by atoms with E-state index >= 15 is 0 Å². The Kier molecular flexibility index (Phi) is 6.56. The van der Waals surface area contributed by atoms with Crippen molar-refractivity contribution < 1.29 is 19.6 Å². The Morgan fingerprint density at radius 3 is 2.40 bits per heavy atom. The Morgan fingerprint density at radius 2 is 1.77 bits per heavy atom. The number of amides is 1. The molecule has 1 aliphatic rings. The van der Waals surface area contributed by atoms with Gasteiger partial charge in [0.05, 0.1) is 38.1 Å². The lowest BCUT2D eigenvalue weighted by atomic mass is 9.85. The Balaban J connectivity index is 1.87. The van der Waals surface area contributed by atoms with Crippen LogP contribution in [0.2, 0.25) is 0 Å². The number of nitrogens with zero attached hydrogens (tertiary/aromatic N) is 3. The van der Waals surface area contributed by atoms with Gasteiger partial charge in [0.2, 0.25) is 5.78 Å². The van der Waals surface area contributed by atoms with Gasteiger partial charge in [-0.15, -0.1) is 0 Å². The highest BCUT2D eigenvalue weighted by atomic mass is 16.3. The molecule has 1 aliphatic heterocycles. The maximum Gasteiger partial charge on any atom is 0.295 e. The Labute approximate surface area is 206 Å². The number of hydrogen-bond donors (Lipinski definition) is 1. The van der Waals surface area contributed by atoms with Crippen molar-refractivity contribution >= 4 is 23.1 Å². The van der Waals surface area contributed by atoms with Gasteiger partial charge in [-0.2, -0.15) is 0 Å². The molecule has 0 aliphatic carbocycles. The number of carbonyl (C=O) groups is 2. The molecule has 4 rings (SSSR count). The van der Waals surface area contributed by atoms with Crippen LogP contribution in [-0.4, -0.2) is 53.2 Å². The highest BCUT2D eigenvalue weighted by Crippen LogP contribution is 2.39. The molecule has 0 radical (unpaired) electrons. The second-order valence-electron chi connectivity index (χ2n) is 10.6. The number of ketones is 1. The molecule has 0 bridgehead atoms. The van der Waals surface area contributed by atoms with Crippen LogP contribution in [0.3, 0.4) is 0 Å². The van der Waals surface area contributed by atoms with Crippen molar-refractivity contribution in [1.29, 1.82) is 0 Å². The predicted molar refractivity (Wildman–Crippen MR) is 134 cm³/mol. The molecule has 1 atom stereocenters. The number of rotatable bonds is 6. The van der Waals surface area contributed by atoms with Crippen LogP contribution >= 0.6 is 0 Å². The first-order valence-electron chi connectivity index (χ1n) is 12.1. The summed E-state index contributed by atoms with van der Waals surface area (Å²) in [7, 11) is 4.10. The van der Waals surface area contributed by atoms with Crippen molar-refractivity contribution in [1.82, 2.24) is 14.3 Å². The van der Waals surface area contributed by atoms with Gasteiger partial charge < -0.3 is 19.3 Å². The number of nitrogens with one attached hydrogen (secondary N) is 1. The first kappa shape index (κ1) is 24.7. The molecule has 1 unspecified atom stereocenters. The molecule has 7 nitrogen and oxygen atoms in total. The summed E-state index contributed by atoms with van der Waals surface area (Å²) in [6.45, 7) is 9.42. The number of imidazole rings is 1. The third-order valence-corrected chi connectivity index (χ3v) is 6.62. The SMILES string of the molecule is Cc1nc2ccccn2c1/C([O-])=C1\C(=O)C(=O)N(CCC[NH+](C)C)C1c1ccc(C(C)(C)C)cc1. The summed E-state index contributed by atoms with van der Waals surface area (Å²) in [5, 5.41) is 13.9. The average molecular weight is 475 g/mol. The standard InChI is InChI=1S/C28H34N4O3/c1-18-23(31-16-8-7-10-21(31)29-18)25(33)22-24(19-11-13-20(14-12-19)28(2,3)4)32(27(35)26(22)34)17-9-15-30(5)6/h7-8,10-14,16,24,33H,9,15,17H2,1-6H3/b25-22+. The van der Waals surface area contributed by atoms with Crippen LogP contribution in [0, 0.1) is 6.92 Å². The second-order valence-corrected chi connectivity index (χ2v) is 10.6. The second kappa shape index (κ2) is 9.30. The Bertz CT molecular complexity index is 1300. The number of quaternary nitrogens is 1. The fourth-order valence-corrected chi connectivity index (χ4v) is 4.73. The largest absolute Gasteiger partial charge is 0.871 e. The van der Waals surface area contributed by atoms with E-state index in [2.05, 4.69) is 25.8 Å². The van der Waals surface area contributed by atoms with E-state index in [1.807, 2.05) is 56.6 Å². The number of aryl methyl sites for hydroxylation is 1. The summed E-state index contributed by atoms with van der Waals surface area (Å²) in [6, 6.07) is 12.7. The summed E-state index contributed by atoms with van der Waals surface area (Å²) in [5.74, 6) is -1.77. The average Bonchev–Trinajstić information content (AvgIpc) is 3.26. The van der Waals surface area contributed by atoms with Crippen molar-refractivity contribution in [2.75, 3.05) is 27.2 Å². The molecule has 3 heterocycles. The minimum atomic E-state index is -0.720. The zero-order valence-corrected chi connectivity index (χ0v) is 21.4. The van der Waals surface area contributed by atoms with Gasteiger partial charge in [-0.3, -0.25) is 9.59 Å². The summed E-state index contributed by atoms with van der Waals surface area (Å²) < 4.78 is 1.69. The number of carbonyl (C=O) groups excluding carboxylic acids is 2. The molecule has 3 aromatic rings. The molecule has 1 fully saturated rings. The van der Waals surface area contributed by atoms with Gasteiger partial charge in [0.1, 0.15) is 5.65 Å². The van der Waals surface area contributed by atoms with Gasteiger partial charge in [0.15, 0.2) is 0 Å². The van der Waals surface area contributed by atoms with E-state index in [1.165, 1.54) is 4.90 Å². The fourth-order valence-electron chi connectivity index (χ4n) is 4.73. The highest BCUT2D eigenvalue weighted by Gasteiger charge is 2.44. The number of benzene rings is 1. The topological polar surface area (TPSA) is 82.2 Å². The van der Waals surface area contributed by atoms with Crippen LogP contribution < -0.4 is 10.0 Å². The maximum absolute atomic E-state index is 13.9. The number of Topliss-reactive ketones (excluding diaryl/α,β-unsaturated/α-hetero) is 1. The van der Waals surface area contributed by atoms with E-state index in [4.69, 9.17) is 0 Å². The van der Waals surface area contributed by atoms with Crippen molar-refractivity contribution in [3.8, 4) is 0 Å². The number of likely N-dealkylation sites (tertiary alicyclic amines) is 1. The molecule has 184 valence electrons. The van der Waals surface area contributed by atoms with Crippen molar-refractivity contribution in [2.24, 2.45) is 0 Å². The molecule has 1 aromatic carbocycles. The van der Waals surface area contributed by atoms with E-state index in [9.17, 15) is 14.7 Å². The maximum atomic E-state index is 13.9. The molecule has 1 N–H and O–H groups in total. The lowest BCUT2D eigenvalue weighted by Gasteiger charge is -2.28. The van der Waals surface area contributed by atoms with Crippen LogP contribution in [0.25, 0.3) is 11.4 Å². The number of hydrogen-bond acceptors (Lipinski definition) is 4. The Hall–Kier alpha value is -3.45. The molecule has 0 spiro atoms. The first-order chi connectivity index (χ1) is 16.5. The van der Waals surface area contributed by atoms with Crippen LogP contribution in [0.1, 0.15) is 55.7 Å². The number of pyridine rings is 1. The lowest BCUT2D eigenvalue weighted by molar-refractivity contribution is -0.858. The van der Waals surface area contributed by atoms with Gasteiger partial charge in [0.25, 0.3) is 5.91 Å². The smallest absolute Gasteiger partial charge is 0.295 e. The van der Waals surface area contributed by atoms with Crippen LogP contribution in [-0.2, 0) is 15.0 Å². The summed E-state index contributed by atoms with van der Waals surface area (Å²) in [6.07, 6.45) is 2.49. The summed E-state index contributed by atoms with van der Waals surface area (Å²) in [5.41, 5.74) is 3.36. The van der Waals surface area contributed by atoms with E-state index in [-0.39, 0.29) is 11.0 Å². The van der Waals surface area contributed by atoms with Crippen LogP contribution in [0.15, 0.2) is 54.2 Å². The monoisotopic (exact) mass is 474 g/mol. The zero-order chi connectivity index (χ0) is 25.5. The van der Waals surface area contributed by atoms with Gasteiger partial charge >= 0.3 is 0 Å². The third kappa shape index (κ3) is 4.60. The lowest BCUT2D eigenvalue weighted by Crippen LogP contribution is -3.05. The van der Waals surface area contributed by atoms with Crippen molar-refractivity contribution in [2.45, 2.75) is 45.6 Å². The van der Waals surface area contributed by atoms with E-state index in [1.54, 1.807) is 22.4 Å². The quantitative estimate of drug-likeness (QED) is 0.335. The zero-order valence-electron chi connectivity index (χ0n) is 21.4. The minimum Gasteiger partial charge on any atom is -0.871 e. The molecule has 2 aromatic heterocycles. The van der Waals surface area contributed by atoms with Crippen molar-refractivity contribution in [3.63, 3.8) is 0 Å².